The van der Waals surface area contributed by atoms with Crippen molar-refractivity contribution in [2.24, 2.45) is 11.7 Å². The molecule has 6 heteroatoms. The zero-order valence-electron chi connectivity index (χ0n) is 11.8. The van der Waals surface area contributed by atoms with Gasteiger partial charge >= 0.3 is 0 Å². The Morgan fingerprint density at radius 2 is 1.95 bits per heavy atom. The van der Waals surface area contributed by atoms with Gasteiger partial charge in [0.15, 0.2) is 0 Å². The topological polar surface area (TPSA) is 85.1 Å². The van der Waals surface area contributed by atoms with E-state index < -0.39 is 10.0 Å². The van der Waals surface area contributed by atoms with Crippen molar-refractivity contribution in [2.45, 2.75) is 51.1 Å². The number of hydrogen-bond acceptors (Lipinski definition) is 4. The Hall–Kier alpha value is -0.980. The van der Waals surface area contributed by atoms with E-state index in [1.165, 1.54) is 12.3 Å². The molecule has 1 aromatic heterocycles. The molecular weight excluding hydrogens is 262 g/mol. The highest BCUT2D eigenvalue weighted by Crippen LogP contribution is 2.11. The third kappa shape index (κ3) is 5.26. The first-order chi connectivity index (χ1) is 8.85. The molecule has 1 rings (SSSR count). The lowest BCUT2D eigenvalue weighted by Gasteiger charge is -2.15. The van der Waals surface area contributed by atoms with Crippen LogP contribution >= 0.6 is 0 Å². The van der Waals surface area contributed by atoms with Crippen LogP contribution in [0.5, 0.6) is 0 Å². The van der Waals surface area contributed by atoms with Gasteiger partial charge in [-0.3, -0.25) is 4.98 Å². The van der Waals surface area contributed by atoms with Crippen LogP contribution in [0, 0.1) is 5.92 Å². The molecular formula is C13H23N3O2S. The van der Waals surface area contributed by atoms with Crippen molar-refractivity contribution in [1.82, 2.24) is 9.71 Å². The number of nitrogens with two attached hydrogens (primary N) is 1. The van der Waals surface area contributed by atoms with Crippen LogP contribution in [0.25, 0.3) is 0 Å². The van der Waals surface area contributed by atoms with Gasteiger partial charge in [-0.2, -0.15) is 0 Å². The Kier molecular flexibility index (Phi) is 5.90. The predicted octanol–water partition coefficient (Wildman–Crippen LogP) is 1.64. The third-order valence-corrected chi connectivity index (χ3v) is 4.43. The van der Waals surface area contributed by atoms with Crippen LogP contribution in [0.15, 0.2) is 23.2 Å². The van der Waals surface area contributed by atoms with Gasteiger partial charge in [-0.05, 0) is 37.8 Å². The Balaban J connectivity index is 2.69. The monoisotopic (exact) mass is 285 g/mol. The average molecular weight is 285 g/mol. The minimum absolute atomic E-state index is 0.0819. The van der Waals surface area contributed by atoms with Crippen LogP contribution in [0.1, 0.15) is 39.3 Å². The van der Waals surface area contributed by atoms with Gasteiger partial charge in [-0.1, -0.05) is 13.8 Å². The lowest BCUT2D eigenvalue weighted by atomic mass is 10.1. The highest BCUT2D eigenvalue weighted by molar-refractivity contribution is 7.89. The van der Waals surface area contributed by atoms with E-state index in [4.69, 9.17) is 5.73 Å². The number of pyridine rings is 1. The quantitative estimate of drug-likeness (QED) is 0.797. The molecule has 0 saturated heterocycles. The van der Waals surface area contributed by atoms with Gasteiger partial charge in [-0.15, -0.1) is 0 Å². The van der Waals surface area contributed by atoms with E-state index in [-0.39, 0.29) is 10.9 Å². The molecule has 1 unspecified atom stereocenters. The summed E-state index contributed by atoms with van der Waals surface area (Å²) in [7, 11) is -3.49. The van der Waals surface area contributed by atoms with Gasteiger partial charge < -0.3 is 5.73 Å². The third-order valence-electron chi connectivity index (χ3n) is 2.85. The highest BCUT2D eigenvalue weighted by atomic mass is 32.2. The maximum Gasteiger partial charge on any atom is 0.242 e. The minimum Gasteiger partial charge on any atom is -0.325 e. The normalized spacial score (nSPS) is 13.7. The fraction of sp³-hybridized carbons (Fsp3) is 0.615. The van der Waals surface area contributed by atoms with E-state index >= 15 is 0 Å². The van der Waals surface area contributed by atoms with E-state index in [1.807, 2.05) is 6.92 Å². The predicted molar refractivity (Wildman–Crippen MR) is 76.0 cm³/mol. The smallest absolute Gasteiger partial charge is 0.242 e. The molecule has 108 valence electrons. The molecule has 1 heterocycles. The van der Waals surface area contributed by atoms with Crippen LogP contribution < -0.4 is 10.5 Å². The molecule has 0 aliphatic carbocycles. The van der Waals surface area contributed by atoms with Crippen molar-refractivity contribution < 1.29 is 8.42 Å². The van der Waals surface area contributed by atoms with Gasteiger partial charge in [0, 0.05) is 18.8 Å². The first-order valence-corrected chi connectivity index (χ1v) is 8.00. The zero-order valence-corrected chi connectivity index (χ0v) is 12.6. The summed E-state index contributed by atoms with van der Waals surface area (Å²) in [5.74, 6) is 0.567. The summed E-state index contributed by atoms with van der Waals surface area (Å²) in [6.07, 6.45) is 3.17. The zero-order chi connectivity index (χ0) is 14.5. The fourth-order valence-corrected chi connectivity index (χ4v) is 2.89. The SMILES string of the molecule is CC(C)CCC(C)NS(=O)(=O)c1ccc(CN)nc1. The summed E-state index contributed by atoms with van der Waals surface area (Å²) in [5.41, 5.74) is 6.10. The van der Waals surface area contributed by atoms with Crippen LogP contribution in [0.2, 0.25) is 0 Å². The van der Waals surface area contributed by atoms with Gasteiger partial charge in [0.1, 0.15) is 4.90 Å². The van der Waals surface area contributed by atoms with Gasteiger partial charge in [-0.25, -0.2) is 13.1 Å². The maximum absolute atomic E-state index is 12.1. The molecule has 0 fully saturated rings. The number of nitrogens with zero attached hydrogens (tertiary/aromatic N) is 1. The van der Waals surface area contributed by atoms with E-state index in [0.717, 1.165) is 12.8 Å². The largest absolute Gasteiger partial charge is 0.325 e. The molecule has 0 aliphatic heterocycles. The van der Waals surface area contributed by atoms with Crippen LogP contribution in [0.3, 0.4) is 0 Å². The number of nitrogens with one attached hydrogen (secondary N) is 1. The van der Waals surface area contributed by atoms with Crippen molar-refractivity contribution in [3.8, 4) is 0 Å². The summed E-state index contributed by atoms with van der Waals surface area (Å²) in [6.45, 7) is 6.42. The molecule has 0 aliphatic rings. The Morgan fingerprint density at radius 1 is 1.26 bits per heavy atom. The summed E-state index contributed by atoms with van der Waals surface area (Å²) < 4.78 is 26.9. The molecule has 0 bridgehead atoms. The summed E-state index contributed by atoms with van der Waals surface area (Å²) >= 11 is 0. The van der Waals surface area contributed by atoms with Crippen LogP contribution in [0.4, 0.5) is 0 Å². The number of rotatable bonds is 7. The lowest BCUT2D eigenvalue weighted by Crippen LogP contribution is -2.32. The van der Waals surface area contributed by atoms with Crippen LogP contribution in [-0.2, 0) is 16.6 Å². The molecule has 1 aromatic rings. The van der Waals surface area contributed by atoms with E-state index in [2.05, 4.69) is 23.6 Å². The number of sulfonamides is 1. The van der Waals surface area contributed by atoms with Gasteiger partial charge in [0.25, 0.3) is 0 Å². The first kappa shape index (κ1) is 16.1. The molecule has 0 aromatic carbocycles. The molecule has 19 heavy (non-hydrogen) atoms. The maximum atomic E-state index is 12.1. The summed E-state index contributed by atoms with van der Waals surface area (Å²) in [5, 5.41) is 0. The highest BCUT2D eigenvalue weighted by Gasteiger charge is 2.17. The van der Waals surface area contributed by atoms with Gasteiger partial charge in [0.2, 0.25) is 10.0 Å². The minimum atomic E-state index is -3.49. The second-order valence-electron chi connectivity index (χ2n) is 5.18. The van der Waals surface area contributed by atoms with Crippen molar-refractivity contribution in [2.75, 3.05) is 0 Å². The second kappa shape index (κ2) is 6.98. The summed E-state index contributed by atoms with van der Waals surface area (Å²) in [4.78, 5) is 4.18. The molecule has 0 saturated carbocycles. The van der Waals surface area contributed by atoms with Gasteiger partial charge in [0.05, 0.1) is 5.69 Å². The molecule has 0 amide bonds. The first-order valence-electron chi connectivity index (χ1n) is 6.52. The van der Waals surface area contributed by atoms with E-state index in [0.29, 0.717) is 18.2 Å². The second-order valence-corrected chi connectivity index (χ2v) is 6.90. The Labute approximate surface area is 115 Å². The molecule has 5 nitrogen and oxygen atoms in total. The van der Waals surface area contributed by atoms with Crippen molar-refractivity contribution >= 4 is 10.0 Å². The van der Waals surface area contributed by atoms with Crippen LogP contribution in [-0.4, -0.2) is 19.4 Å². The van der Waals surface area contributed by atoms with Crippen molar-refractivity contribution in [3.63, 3.8) is 0 Å². The molecule has 0 spiro atoms. The van der Waals surface area contributed by atoms with Crippen molar-refractivity contribution in [1.29, 1.82) is 0 Å². The van der Waals surface area contributed by atoms with E-state index in [9.17, 15) is 8.42 Å². The van der Waals surface area contributed by atoms with E-state index in [1.54, 1.807) is 6.07 Å². The lowest BCUT2D eigenvalue weighted by molar-refractivity contribution is 0.485. The Bertz CT molecular complexity index is 483. The fourth-order valence-electron chi connectivity index (χ4n) is 1.67. The Morgan fingerprint density at radius 3 is 2.42 bits per heavy atom. The molecule has 0 radical (unpaired) electrons. The summed E-state index contributed by atoms with van der Waals surface area (Å²) in [6, 6.07) is 3.08. The average Bonchev–Trinajstić information content (AvgIpc) is 2.36. The number of hydrogen-bond donors (Lipinski definition) is 2. The molecule has 3 N–H and O–H groups in total. The standard InChI is InChI=1S/C13H23N3O2S/c1-10(2)4-5-11(3)16-19(17,18)13-7-6-12(8-14)15-9-13/h6-7,9-11,16H,4-5,8,14H2,1-3H3. The number of aromatic nitrogens is 1. The van der Waals surface area contributed by atoms with Crippen molar-refractivity contribution in [3.05, 3.63) is 24.0 Å². The molecule has 1 atom stereocenters.